The first-order chi connectivity index (χ1) is 15.7. The Labute approximate surface area is 188 Å². The number of rotatable bonds is 6. The van der Waals surface area contributed by atoms with Gasteiger partial charge in [-0.05, 0) is 49.1 Å². The molecule has 3 aromatic rings. The summed E-state index contributed by atoms with van der Waals surface area (Å²) in [6.45, 7) is 3.85. The van der Waals surface area contributed by atoms with Gasteiger partial charge in [-0.15, -0.1) is 0 Å². The van der Waals surface area contributed by atoms with Crippen LogP contribution in [0.5, 0.6) is 5.75 Å². The summed E-state index contributed by atoms with van der Waals surface area (Å²) < 4.78 is 10.7. The predicted molar refractivity (Wildman–Crippen MR) is 120 cm³/mol. The highest BCUT2D eigenvalue weighted by molar-refractivity contribution is 5.91. The molecule has 0 spiro atoms. The van der Waals surface area contributed by atoms with Crippen LogP contribution in [0.1, 0.15) is 30.7 Å². The zero-order valence-electron chi connectivity index (χ0n) is 18.4. The minimum absolute atomic E-state index is 0.260. The van der Waals surface area contributed by atoms with Crippen LogP contribution < -0.4 is 4.74 Å². The van der Waals surface area contributed by atoms with E-state index < -0.39 is 0 Å². The summed E-state index contributed by atoms with van der Waals surface area (Å²) in [5.41, 5.74) is 1.68. The van der Waals surface area contributed by atoms with Gasteiger partial charge in [0.15, 0.2) is 5.82 Å². The van der Waals surface area contributed by atoms with Gasteiger partial charge >= 0.3 is 0 Å². The molecule has 2 aromatic carbocycles. The van der Waals surface area contributed by atoms with Gasteiger partial charge in [0.25, 0.3) is 5.89 Å². The summed E-state index contributed by atoms with van der Waals surface area (Å²) >= 11 is 0. The fourth-order valence-corrected chi connectivity index (χ4v) is 4.51. The Morgan fingerprint density at radius 3 is 2.53 bits per heavy atom. The van der Waals surface area contributed by atoms with E-state index in [4.69, 9.17) is 9.26 Å². The molecule has 1 aromatic heterocycles. The lowest BCUT2D eigenvalue weighted by Gasteiger charge is -2.26. The second kappa shape index (κ2) is 8.74. The summed E-state index contributed by atoms with van der Waals surface area (Å²) in [6, 6.07) is 17.8. The van der Waals surface area contributed by atoms with Gasteiger partial charge in [-0.3, -0.25) is 9.69 Å². The third-order valence-electron chi connectivity index (χ3n) is 6.53. The van der Waals surface area contributed by atoms with Crippen LogP contribution in [0.3, 0.4) is 0 Å². The smallest absolute Gasteiger partial charge is 0.257 e. The topological polar surface area (TPSA) is 71.7 Å². The molecule has 1 amide bonds. The standard InChI is InChI=1S/C25H28N4O3/c1-31-21-10-8-20(9-11-21)25(12-13-25)24(30)29-15-5-14-28(16-17-29)18-22-26-23(32-27-22)19-6-3-2-4-7-19/h2-4,6-11H,5,12-18H2,1H3. The zero-order valence-corrected chi connectivity index (χ0v) is 18.4. The Bertz CT molecular complexity index is 1060. The summed E-state index contributed by atoms with van der Waals surface area (Å²) in [4.78, 5) is 22.4. The van der Waals surface area contributed by atoms with Gasteiger partial charge < -0.3 is 14.2 Å². The average molecular weight is 433 g/mol. The summed E-state index contributed by atoms with van der Waals surface area (Å²) in [6.07, 6.45) is 2.78. The molecule has 0 N–H and O–H groups in total. The fourth-order valence-electron chi connectivity index (χ4n) is 4.51. The van der Waals surface area contributed by atoms with Crippen molar-refractivity contribution in [3.63, 3.8) is 0 Å². The Hall–Kier alpha value is -3.19. The number of hydrogen-bond acceptors (Lipinski definition) is 6. The molecule has 0 atom stereocenters. The highest BCUT2D eigenvalue weighted by atomic mass is 16.5. The third-order valence-corrected chi connectivity index (χ3v) is 6.53. The van der Waals surface area contributed by atoms with E-state index in [1.807, 2.05) is 59.5 Å². The van der Waals surface area contributed by atoms with E-state index >= 15 is 0 Å². The molecule has 7 heteroatoms. The normalized spacial score (nSPS) is 18.2. The second-order valence-electron chi connectivity index (χ2n) is 8.61. The molecule has 1 aliphatic carbocycles. The van der Waals surface area contributed by atoms with E-state index in [0.717, 1.165) is 62.3 Å². The summed E-state index contributed by atoms with van der Waals surface area (Å²) in [5.74, 6) is 2.30. The Morgan fingerprint density at radius 2 is 1.81 bits per heavy atom. The minimum atomic E-state index is -0.348. The van der Waals surface area contributed by atoms with Crippen LogP contribution in [-0.2, 0) is 16.8 Å². The van der Waals surface area contributed by atoms with Crippen molar-refractivity contribution in [1.29, 1.82) is 0 Å². The molecular weight excluding hydrogens is 404 g/mol. The van der Waals surface area contributed by atoms with Gasteiger partial charge in [0, 0.05) is 31.7 Å². The maximum absolute atomic E-state index is 13.5. The molecular formula is C25H28N4O3. The van der Waals surface area contributed by atoms with E-state index in [2.05, 4.69) is 15.0 Å². The average Bonchev–Trinajstić information content (AvgIpc) is 3.58. The summed E-state index contributed by atoms with van der Waals surface area (Å²) in [5, 5.41) is 4.16. The molecule has 32 heavy (non-hydrogen) atoms. The van der Waals surface area contributed by atoms with Crippen molar-refractivity contribution >= 4 is 5.91 Å². The maximum Gasteiger partial charge on any atom is 0.257 e. The van der Waals surface area contributed by atoms with Crippen molar-refractivity contribution in [3.8, 4) is 17.2 Å². The van der Waals surface area contributed by atoms with Crippen molar-refractivity contribution in [2.24, 2.45) is 0 Å². The van der Waals surface area contributed by atoms with Crippen LogP contribution >= 0.6 is 0 Å². The first-order valence-electron chi connectivity index (χ1n) is 11.2. The van der Waals surface area contributed by atoms with E-state index in [0.29, 0.717) is 18.3 Å². The monoisotopic (exact) mass is 432 g/mol. The SMILES string of the molecule is COc1ccc(C2(C(=O)N3CCCN(Cc4noc(-c5ccccc5)n4)CC3)CC2)cc1. The number of carbonyl (C=O) groups excluding carboxylic acids is 1. The lowest BCUT2D eigenvalue weighted by Crippen LogP contribution is -2.41. The molecule has 0 unspecified atom stereocenters. The predicted octanol–water partition coefficient (Wildman–Crippen LogP) is 3.51. The lowest BCUT2D eigenvalue weighted by atomic mass is 9.94. The number of methoxy groups -OCH3 is 1. The van der Waals surface area contributed by atoms with E-state index in [1.54, 1.807) is 7.11 Å². The molecule has 0 bridgehead atoms. The van der Waals surface area contributed by atoms with Gasteiger partial charge in [-0.2, -0.15) is 4.98 Å². The molecule has 2 heterocycles. The van der Waals surface area contributed by atoms with E-state index in [9.17, 15) is 4.79 Å². The van der Waals surface area contributed by atoms with Crippen LogP contribution in [0.15, 0.2) is 59.1 Å². The first-order valence-corrected chi connectivity index (χ1v) is 11.2. The lowest BCUT2D eigenvalue weighted by molar-refractivity contribution is -0.133. The van der Waals surface area contributed by atoms with Gasteiger partial charge in [0.05, 0.1) is 19.1 Å². The van der Waals surface area contributed by atoms with Gasteiger partial charge in [0.2, 0.25) is 5.91 Å². The number of carbonyl (C=O) groups is 1. The van der Waals surface area contributed by atoms with E-state index in [-0.39, 0.29) is 11.3 Å². The molecule has 7 nitrogen and oxygen atoms in total. The number of hydrogen-bond donors (Lipinski definition) is 0. The van der Waals surface area contributed by atoms with Gasteiger partial charge in [-0.25, -0.2) is 0 Å². The molecule has 166 valence electrons. The number of aromatic nitrogens is 2. The molecule has 0 radical (unpaired) electrons. The number of amides is 1. The Morgan fingerprint density at radius 1 is 1.03 bits per heavy atom. The Kier molecular flexibility index (Phi) is 5.66. The van der Waals surface area contributed by atoms with Crippen molar-refractivity contribution in [2.75, 3.05) is 33.3 Å². The fraction of sp³-hybridized carbons (Fsp3) is 0.400. The van der Waals surface area contributed by atoms with Crippen LogP contribution in [0.25, 0.3) is 11.5 Å². The Balaban J connectivity index is 1.21. The summed E-state index contributed by atoms with van der Waals surface area (Å²) in [7, 11) is 1.66. The van der Waals surface area contributed by atoms with Crippen LogP contribution in [0, 0.1) is 0 Å². The molecule has 1 saturated carbocycles. The zero-order chi connectivity index (χ0) is 22.0. The van der Waals surface area contributed by atoms with Crippen molar-refractivity contribution in [1.82, 2.24) is 19.9 Å². The van der Waals surface area contributed by atoms with Crippen LogP contribution in [0.4, 0.5) is 0 Å². The number of nitrogens with zero attached hydrogens (tertiary/aromatic N) is 4. The number of benzene rings is 2. The first kappa shape index (κ1) is 20.7. The largest absolute Gasteiger partial charge is 0.497 e. The highest BCUT2D eigenvalue weighted by Crippen LogP contribution is 2.50. The third kappa shape index (κ3) is 4.12. The molecule has 2 aliphatic rings. The minimum Gasteiger partial charge on any atom is -0.497 e. The van der Waals surface area contributed by atoms with Gasteiger partial charge in [0.1, 0.15) is 5.75 Å². The highest BCUT2D eigenvalue weighted by Gasteiger charge is 2.53. The molecule has 2 fully saturated rings. The van der Waals surface area contributed by atoms with Crippen molar-refractivity contribution < 1.29 is 14.1 Å². The van der Waals surface area contributed by atoms with Crippen molar-refractivity contribution in [2.45, 2.75) is 31.2 Å². The maximum atomic E-state index is 13.5. The molecule has 1 saturated heterocycles. The van der Waals surface area contributed by atoms with Crippen molar-refractivity contribution in [3.05, 3.63) is 66.0 Å². The van der Waals surface area contributed by atoms with Crippen LogP contribution in [-0.4, -0.2) is 59.1 Å². The van der Waals surface area contributed by atoms with E-state index in [1.165, 1.54) is 0 Å². The molecule has 1 aliphatic heterocycles. The van der Waals surface area contributed by atoms with Gasteiger partial charge in [-0.1, -0.05) is 35.5 Å². The molecule has 5 rings (SSSR count). The van der Waals surface area contributed by atoms with Crippen LogP contribution in [0.2, 0.25) is 0 Å². The second-order valence-corrected chi connectivity index (χ2v) is 8.61. The number of ether oxygens (including phenoxy) is 1. The quantitative estimate of drug-likeness (QED) is 0.594.